The first kappa shape index (κ1) is 22.8. The minimum absolute atomic E-state index is 0. The molecule has 0 saturated carbocycles. The predicted octanol–water partition coefficient (Wildman–Crippen LogP) is 2.44. The van der Waals surface area contributed by atoms with Crippen molar-refractivity contribution in [1.29, 1.82) is 0 Å². The second-order valence-electron chi connectivity index (χ2n) is 6.07. The molecule has 1 heterocycles. The molecule has 0 aromatic heterocycles. The zero-order valence-corrected chi connectivity index (χ0v) is 17.4. The number of aliphatic imine (C=N–C) groups is 1. The van der Waals surface area contributed by atoms with Crippen molar-refractivity contribution in [2.24, 2.45) is 4.99 Å². The zero-order valence-electron chi connectivity index (χ0n) is 15.0. The number of likely N-dealkylation sites (N-methyl/N-ethyl adjacent to an activating group) is 1. The lowest BCUT2D eigenvalue weighted by molar-refractivity contribution is -0.142. The summed E-state index contributed by atoms with van der Waals surface area (Å²) >= 11 is 0. The number of benzene rings is 1. The van der Waals surface area contributed by atoms with Crippen LogP contribution in [0.25, 0.3) is 0 Å². The van der Waals surface area contributed by atoms with Gasteiger partial charge < -0.3 is 15.4 Å². The molecule has 0 fully saturated rings. The lowest BCUT2D eigenvalue weighted by atomic mass is 10.1. The highest BCUT2D eigenvalue weighted by molar-refractivity contribution is 14.0. The Morgan fingerprint density at radius 2 is 2.00 bits per heavy atom. The Labute approximate surface area is 169 Å². The van der Waals surface area contributed by atoms with Gasteiger partial charge >= 0.3 is 6.18 Å². The van der Waals surface area contributed by atoms with Gasteiger partial charge in [-0.05, 0) is 30.7 Å². The van der Waals surface area contributed by atoms with Gasteiger partial charge in [-0.3, -0.25) is 9.89 Å². The van der Waals surface area contributed by atoms with Crippen LogP contribution in [0.4, 0.5) is 13.2 Å². The van der Waals surface area contributed by atoms with Crippen molar-refractivity contribution < 1.29 is 17.9 Å². The molecule has 1 aliphatic heterocycles. The molecule has 26 heavy (non-hydrogen) atoms. The normalized spacial score (nSPS) is 13.8. The van der Waals surface area contributed by atoms with Crippen LogP contribution in [-0.4, -0.2) is 63.9 Å². The van der Waals surface area contributed by atoms with Gasteiger partial charge in [-0.2, -0.15) is 13.2 Å². The summed E-state index contributed by atoms with van der Waals surface area (Å²) < 4.78 is 42.3. The number of guanidine groups is 1. The van der Waals surface area contributed by atoms with Gasteiger partial charge in [0.2, 0.25) is 0 Å². The van der Waals surface area contributed by atoms with E-state index in [1.807, 2.05) is 12.1 Å². The minimum atomic E-state index is -4.17. The molecular formula is C17H26F3IN4O. The van der Waals surface area contributed by atoms with Crippen molar-refractivity contribution in [1.82, 2.24) is 15.5 Å². The molecule has 1 aliphatic rings. The molecule has 2 N–H and O–H groups in total. The van der Waals surface area contributed by atoms with E-state index in [2.05, 4.69) is 21.7 Å². The van der Waals surface area contributed by atoms with E-state index in [9.17, 15) is 13.2 Å². The summed E-state index contributed by atoms with van der Waals surface area (Å²) in [7, 11) is 3.09. The fourth-order valence-electron chi connectivity index (χ4n) is 2.69. The molecule has 9 heteroatoms. The molecule has 0 unspecified atom stereocenters. The van der Waals surface area contributed by atoms with Gasteiger partial charge in [-0.25, -0.2) is 0 Å². The number of fused-ring (bicyclic) bond motifs is 1. The van der Waals surface area contributed by atoms with Crippen molar-refractivity contribution in [3.05, 3.63) is 29.3 Å². The number of alkyl halides is 3. The van der Waals surface area contributed by atoms with Crippen LogP contribution in [0.1, 0.15) is 11.1 Å². The smallest absolute Gasteiger partial charge is 0.401 e. The Hall–Kier alpha value is -1.23. The van der Waals surface area contributed by atoms with Gasteiger partial charge in [-0.15, -0.1) is 24.0 Å². The molecule has 0 bridgehead atoms. The average Bonchev–Trinajstić information content (AvgIpc) is 2.99. The van der Waals surface area contributed by atoms with Crippen molar-refractivity contribution >= 4 is 29.9 Å². The van der Waals surface area contributed by atoms with E-state index in [1.54, 1.807) is 7.05 Å². The maximum atomic E-state index is 12.3. The fraction of sp³-hybridized carbons (Fsp3) is 0.588. The molecule has 0 saturated heterocycles. The SMILES string of the molecule is CN=C(NCCc1ccc2c(c1)CCO2)NCCN(C)CC(F)(F)F.I. The highest BCUT2D eigenvalue weighted by atomic mass is 127. The highest BCUT2D eigenvalue weighted by Crippen LogP contribution is 2.25. The van der Waals surface area contributed by atoms with E-state index >= 15 is 0 Å². The molecule has 0 radical (unpaired) electrons. The molecular weight excluding hydrogens is 460 g/mol. The van der Waals surface area contributed by atoms with Crippen molar-refractivity contribution in [3.8, 4) is 5.75 Å². The number of rotatable bonds is 7. The molecule has 1 aromatic carbocycles. The third-order valence-corrected chi connectivity index (χ3v) is 3.92. The monoisotopic (exact) mass is 486 g/mol. The summed E-state index contributed by atoms with van der Waals surface area (Å²) in [6.45, 7) is 1.20. The predicted molar refractivity (Wildman–Crippen MR) is 108 cm³/mol. The van der Waals surface area contributed by atoms with Gasteiger partial charge in [0.25, 0.3) is 0 Å². The quantitative estimate of drug-likeness (QED) is 0.353. The average molecular weight is 486 g/mol. The second kappa shape index (κ2) is 10.8. The Kier molecular flexibility index (Phi) is 9.48. The van der Waals surface area contributed by atoms with Gasteiger partial charge in [0.1, 0.15) is 5.75 Å². The number of ether oxygens (including phenoxy) is 1. The van der Waals surface area contributed by atoms with E-state index < -0.39 is 12.7 Å². The van der Waals surface area contributed by atoms with Crippen LogP contribution in [-0.2, 0) is 12.8 Å². The Morgan fingerprint density at radius 1 is 1.27 bits per heavy atom. The molecule has 2 rings (SSSR count). The Morgan fingerprint density at radius 3 is 2.69 bits per heavy atom. The molecule has 148 valence electrons. The van der Waals surface area contributed by atoms with E-state index in [0.717, 1.165) is 25.2 Å². The zero-order chi connectivity index (χ0) is 18.3. The summed E-state index contributed by atoms with van der Waals surface area (Å²) in [5, 5.41) is 6.20. The van der Waals surface area contributed by atoms with Crippen LogP contribution < -0.4 is 15.4 Å². The standard InChI is InChI=1S/C17H25F3N4O.HI/c1-21-16(23-8-9-24(2)12-17(18,19)20)22-7-5-13-3-4-15-14(11-13)6-10-25-15;/h3-4,11H,5-10,12H2,1-2H3,(H2,21,22,23);1H. The summed E-state index contributed by atoms with van der Waals surface area (Å²) in [6.07, 6.45) is -2.39. The van der Waals surface area contributed by atoms with E-state index in [-0.39, 0.29) is 30.5 Å². The third kappa shape index (κ3) is 7.98. The summed E-state index contributed by atoms with van der Waals surface area (Å²) in [5.74, 6) is 1.56. The van der Waals surface area contributed by atoms with Crippen LogP contribution >= 0.6 is 24.0 Å². The van der Waals surface area contributed by atoms with Crippen molar-refractivity contribution in [2.45, 2.75) is 19.0 Å². The summed E-state index contributed by atoms with van der Waals surface area (Å²) in [4.78, 5) is 5.31. The van der Waals surface area contributed by atoms with Gasteiger partial charge in [0, 0.05) is 33.1 Å². The molecule has 0 spiro atoms. The summed E-state index contributed by atoms with van der Waals surface area (Å²) in [5.41, 5.74) is 2.46. The number of nitrogens with zero attached hydrogens (tertiary/aromatic N) is 2. The third-order valence-electron chi connectivity index (χ3n) is 3.92. The Bertz CT molecular complexity index is 596. The van der Waals surface area contributed by atoms with E-state index in [0.29, 0.717) is 19.0 Å². The van der Waals surface area contributed by atoms with Gasteiger partial charge in [-0.1, -0.05) is 12.1 Å². The van der Waals surface area contributed by atoms with Gasteiger partial charge in [0.05, 0.1) is 13.2 Å². The van der Waals surface area contributed by atoms with E-state index in [4.69, 9.17) is 4.74 Å². The number of hydrogen-bond acceptors (Lipinski definition) is 3. The molecule has 0 amide bonds. The van der Waals surface area contributed by atoms with Crippen LogP contribution in [0.2, 0.25) is 0 Å². The minimum Gasteiger partial charge on any atom is -0.493 e. The maximum Gasteiger partial charge on any atom is 0.401 e. The Balaban J connectivity index is 0.00000338. The first-order chi connectivity index (χ1) is 11.9. The van der Waals surface area contributed by atoms with Crippen LogP contribution in [0, 0.1) is 0 Å². The maximum absolute atomic E-state index is 12.3. The molecule has 0 atom stereocenters. The topological polar surface area (TPSA) is 48.9 Å². The van der Waals surface area contributed by atoms with Crippen LogP contribution in [0.15, 0.2) is 23.2 Å². The highest BCUT2D eigenvalue weighted by Gasteiger charge is 2.28. The van der Waals surface area contributed by atoms with Crippen molar-refractivity contribution in [3.63, 3.8) is 0 Å². The number of nitrogens with one attached hydrogen (secondary N) is 2. The van der Waals surface area contributed by atoms with Crippen LogP contribution in [0.5, 0.6) is 5.75 Å². The number of hydrogen-bond donors (Lipinski definition) is 2. The molecule has 5 nitrogen and oxygen atoms in total. The van der Waals surface area contributed by atoms with Gasteiger partial charge in [0.15, 0.2) is 5.96 Å². The van der Waals surface area contributed by atoms with Crippen LogP contribution in [0.3, 0.4) is 0 Å². The first-order valence-corrected chi connectivity index (χ1v) is 8.32. The van der Waals surface area contributed by atoms with Crippen molar-refractivity contribution in [2.75, 3.05) is 46.9 Å². The number of halogens is 4. The largest absolute Gasteiger partial charge is 0.493 e. The first-order valence-electron chi connectivity index (χ1n) is 8.32. The van der Waals surface area contributed by atoms with E-state index in [1.165, 1.54) is 23.1 Å². The lowest BCUT2D eigenvalue weighted by Crippen LogP contribution is -2.42. The lowest BCUT2D eigenvalue weighted by Gasteiger charge is -2.19. The second-order valence-corrected chi connectivity index (χ2v) is 6.07. The molecule has 1 aromatic rings. The fourth-order valence-corrected chi connectivity index (χ4v) is 2.69. The molecule has 0 aliphatic carbocycles. The summed E-state index contributed by atoms with van der Waals surface area (Å²) in [6, 6.07) is 6.21.